The van der Waals surface area contributed by atoms with Crippen molar-refractivity contribution in [2.24, 2.45) is 5.73 Å². The van der Waals surface area contributed by atoms with E-state index in [4.69, 9.17) is 10.3 Å². The molecule has 1 unspecified atom stereocenters. The van der Waals surface area contributed by atoms with E-state index in [2.05, 4.69) is 32.0 Å². The van der Waals surface area contributed by atoms with E-state index in [0.29, 0.717) is 11.8 Å². The monoisotopic (exact) mass is 208 g/mol. The maximum atomic E-state index is 6.24. The average Bonchev–Trinajstić information content (AvgIpc) is 2.76. The molecule has 1 fully saturated rings. The van der Waals surface area contributed by atoms with Crippen molar-refractivity contribution in [1.29, 1.82) is 0 Å². The van der Waals surface area contributed by atoms with Crippen LogP contribution < -0.4 is 5.73 Å². The Morgan fingerprint density at radius 3 is 2.60 bits per heavy atom. The summed E-state index contributed by atoms with van der Waals surface area (Å²) in [6, 6.07) is 2.08. The summed E-state index contributed by atoms with van der Waals surface area (Å²) in [5.41, 5.74) is 7.28. The van der Waals surface area contributed by atoms with Gasteiger partial charge in [-0.3, -0.25) is 0 Å². The third kappa shape index (κ3) is 1.93. The summed E-state index contributed by atoms with van der Waals surface area (Å²) in [4.78, 5) is 0. The molecule has 0 aromatic carbocycles. The first kappa shape index (κ1) is 10.7. The molecular weight excluding hydrogens is 188 g/mol. The highest BCUT2D eigenvalue weighted by molar-refractivity contribution is 5.22. The van der Waals surface area contributed by atoms with Gasteiger partial charge in [0.2, 0.25) is 0 Å². The van der Waals surface area contributed by atoms with Crippen molar-refractivity contribution in [2.75, 3.05) is 0 Å². The molecule has 0 saturated heterocycles. The molecule has 2 N–H and O–H groups in total. The molecule has 15 heavy (non-hydrogen) atoms. The number of nitrogens with zero attached hydrogens (tertiary/aromatic N) is 1. The van der Waals surface area contributed by atoms with Gasteiger partial charge in [0.15, 0.2) is 0 Å². The maximum absolute atomic E-state index is 6.24. The lowest BCUT2D eigenvalue weighted by Crippen LogP contribution is -2.30. The smallest absolute Gasteiger partial charge is 0.139 e. The number of nitrogens with two attached hydrogens (primary N) is 1. The Morgan fingerprint density at radius 1 is 1.53 bits per heavy atom. The second-order valence-corrected chi connectivity index (χ2v) is 5.00. The highest BCUT2D eigenvalue weighted by Crippen LogP contribution is 2.46. The minimum atomic E-state index is -0.000126. The van der Waals surface area contributed by atoms with Gasteiger partial charge in [-0.15, -0.1) is 0 Å². The molecule has 0 spiro atoms. The predicted molar refractivity (Wildman–Crippen MR) is 59.8 cm³/mol. The van der Waals surface area contributed by atoms with Gasteiger partial charge in [-0.25, -0.2) is 0 Å². The molecule has 1 saturated carbocycles. The highest BCUT2D eigenvalue weighted by Gasteiger charge is 2.46. The molecule has 0 amide bonds. The highest BCUT2D eigenvalue weighted by atomic mass is 16.5. The predicted octanol–water partition coefficient (Wildman–Crippen LogP) is 2.78. The molecule has 1 atom stereocenters. The van der Waals surface area contributed by atoms with Crippen LogP contribution in [-0.2, 0) is 0 Å². The first-order chi connectivity index (χ1) is 7.07. The SMILES string of the molecule is CCC(c1cc(C(C)C)on1)C1(N)CC1. The van der Waals surface area contributed by atoms with E-state index in [0.717, 1.165) is 30.7 Å². The average molecular weight is 208 g/mol. The first-order valence-corrected chi connectivity index (χ1v) is 5.82. The van der Waals surface area contributed by atoms with Crippen LogP contribution in [0.4, 0.5) is 0 Å². The van der Waals surface area contributed by atoms with Gasteiger partial charge in [-0.05, 0) is 19.3 Å². The van der Waals surface area contributed by atoms with E-state index in [1.165, 1.54) is 0 Å². The van der Waals surface area contributed by atoms with Crippen LogP contribution in [0.3, 0.4) is 0 Å². The van der Waals surface area contributed by atoms with Gasteiger partial charge < -0.3 is 10.3 Å². The Labute approximate surface area is 91.0 Å². The molecule has 1 aliphatic rings. The fraction of sp³-hybridized carbons (Fsp3) is 0.750. The third-order valence-corrected chi connectivity index (χ3v) is 3.40. The fourth-order valence-corrected chi connectivity index (χ4v) is 2.14. The number of rotatable bonds is 4. The molecule has 1 aliphatic carbocycles. The summed E-state index contributed by atoms with van der Waals surface area (Å²) < 4.78 is 5.33. The van der Waals surface area contributed by atoms with Crippen LogP contribution in [0, 0.1) is 0 Å². The molecule has 3 nitrogen and oxygen atoms in total. The van der Waals surface area contributed by atoms with Crippen LogP contribution in [0.15, 0.2) is 10.6 Å². The van der Waals surface area contributed by atoms with E-state index in [9.17, 15) is 0 Å². The van der Waals surface area contributed by atoms with Crippen LogP contribution in [0.5, 0.6) is 0 Å². The number of hydrogen-bond donors (Lipinski definition) is 1. The van der Waals surface area contributed by atoms with Crippen LogP contribution >= 0.6 is 0 Å². The minimum absolute atomic E-state index is 0.000126. The molecule has 1 aromatic heterocycles. The summed E-state index contributed by atoms with van der Waals surface area (Å²) in [6.45, 7) is 6.39. The first-order valence-electron chi connectivity index (χ1n) is 5.82. The minimum Gasteiger partial charge on any atom is -0.361 e. The van der Waals surface area contributed by atoms with Crippen molar-refractivity contribution in [3.05, 3.63) is 17.5 Å². The fourth-order valence-electron chi connectivity index (χ4n) is 2.14. The van der Waals surface area contributed by atoms with Crippen LogP contribution in [0.25, 0.3) is 0 Å². The van der Waals surface area contributed by atoms with Crippen molar-refractivity contribution in [1.82, 2.24) is 5.16 Å². The summed E-state index contributed by atoms with van der Waals surface area (Å²) in [5, 5.41) is 4.16. The van der Waals surface area contributed by atoms with Gasteiger partial charge in [-0.1, -0.05) is 25.9 Å². The van der Waals surface area contributed by atoms with Crippen LogP contribution in [0.1, 0.15) is 63.3 Å². The lowest BCUT2D eigenvalue weighted by molar-refractivity contribution is 0.354. The van der Waals surface area contributed by atoms with Crippen LogP contribution in [0.2, 0.25) is 0 Å². The topological polar surface area (TPSA) is 52.0 Å². The normalized spacial score (nSPS) is 20.6. The molecule has 2 rings (SSSR count). The summed E-state index contributed by atoms with van der Waals surface area (Å²) in [6.07, 6.45) is 3.28. The molecule has 1 heterocycles. The van der Waals surface area contributed by atoms with Gasteiger partial charge >= 0.3 is 0 Å². The Morgan fingerprint density at radius 2 is 2.20 bits per heavy atom. The Hall–Kier alpha value is -0.830. The van der Waals surface area contributed by atoms with E-state index in [1.807, 2.05) is 0 Å². The van der Waals surface area contributed by atoms with Crippen LogP contribution in [-0.4, -0.2) is 10.7 Å². The molecule has 3 heteroatoms. The number of hydrogen-bond acceptors (Lipinski definition) is 3. The van der Waals surface area contributed by atoms with Gasteiger partial charge in [-0.2, -0.15) is 0 Å². The largest absolute Gasteiger partial charge is 0.361 e. The van der Waals surface area contributed by atoms with Gasteiger partial charge in [0.1, 0.15) is 5.76 Å². The zero-order valence-corrected chi connectivity index (χ0v) is 9.79. The Bertz CT molecular complexity index is 339. The van der Waals surface area contributed by atoms with Gasteiger partial charge in [0, 0.05) is 23.4 Å². The lowest BCUT2D eigenvalue weighted by Gasteiger charge is -2.18. The van der Waals surface area contributed by atoms with E-state index < -0.39 is 0 Å². The van der Waals surface area contributed by atoms with E-state index in [1.54, 1.807) is 0 Å². The van der Waals surface area contributed by atoms with Crippen molar-refractivity contribution < 1.29 is 4.52 Å². The molecule has 1 aromatic rings. The summed E-state index contributed by atoms with van der Waals surface area (Å²) in [7, 11) is 0. The molecular formula is C12H20N2O. The zero-order chi connectivity index (χ0) is 11.1. The lowest BCUT2D eigenvalue weighted by atomic mass is 9.91. The van der Waals surface area contributed by atoms with Crippen molar-refractivity contribution in [3.63, 3.8) is 0 Å². The quantitative estimate of drug-likeness (QED) is 0.827. The summed E-state index contributed by atoms with van der Waals surface area (Å²) >= 11 is 0. The molecule has 0 bridgehead atoms. The third-order valence-electron chi connectivity index (χ3n) is 3.40. The summed E-state index contributed by atoms with van der Waals surface area (Å²) in [5.74, 6) is 1.73. The molecule has 0 aliphatic heterocycles. The maximum Gasteiger partial charge on any atom is 0.139 e. The number of aromatic nitrogens is 1. The standard InChI is InChI=1S/C12H20N2O/c1-4-9(12(13)5-6-12)10-7-11(8(2)3)15-14-10/h7-9H,4-6,13H2,1-3H3. The van der Waals surface area contributed by atoms with Gasteiger partial charge in [0.05, 0.1) is 5.69 Å². The van der Waals surface area contributed by atoms with Gasteiger partial charge in [0.25, 0.3) is 0 Å². The van der Waals surface area contributed by atoms with Crippen molar-refractivity contribution in [3.8, 4) is 0 Å². The second-order valence-electron chi connectivity index (χ2n) is 5.00. The van der Waals surface area contributed by atoms with Crippen molar-refractivity contribution in [2.45, 2.75) is 57.4 Å². The van der Waals surface area contributed by atoms with Crippen molar-refractivity contribution >= 4 is 0 Å². The Kier molecular flexibility index (Phi) is 2.59. The van der Waals surface area contributed by atoms with E-state index >= 15 is 0 Å². The zero-order valence-electron chi connectivity index (χ0n) is 9.79. The molecule has 84 valence electrons. The Balaban J connectivity index is 2.20. The van der Waals surface area contributed by atoms with E-state index in [-0.39, 0.29) is 5.54 Å². The molecule has 0 radical (unpaired) electrons. The second kappa shape index (κ2) is 3.63.